The second-order valence-corrected chi connectivity index (χ2v) is 5.09. The molecule has 1 unspecified atom stereocenters. The van der Waals surface area contributed by atoms with E-state index < -0.39 is 0 Å². The molecule has 0 N–H and O–H groups in total. The number of hydrogen-bond donors (Lipinski definition) is 0. The first-order valence-corrected chi connectivity index (χ1v) is 6.46. The van der Waals surface area contributed by atoms with Crippen LogP contribution in [0.15, 0.2) is 23.1 Å². The van der Waals surface area contributed by atoms with Crippen molar-refractivity contribution in [2.24, 2.45) is 5.92 Å². The number of thioether (sulfide) groups is 1. The van der Waals surface area contributed by atoms with Gasteiger partial charge in [-0.1, -0.05) is 26.3 Å². The molecular weight excluding hydrogens is 223 g/mol. The van der Waals surface area contributed by atoms with E-state index in [0.29, 0.717) is 16.4 Å². The highest BCUT2D eigenvalue weighted by molar-refractivity contribution is 7.99. The molecule has 1 rings (SSSR count). The summed E-state index contributed by atoms with van der Waals surface area (Å²) in [5.41, 5.74) is 0.436. The Balaban J connectivity index is 2.72. The summed E-state index contributed by atoms with van der Waals surface area (Å²) in [4.78, 5) is 11.7. The fraction of sp³-hybridized carbons (Fsp3) is 0.462. The molecule has 0 aliphatic carbocycles. The van der Waals surface area contributed by atoms with Gasteiger partial charge in [-0.3, -0.25) is 4.79 Å². The second-order valence-electron chi connectivity index (χ2n) is 4.03. The van der Waals surface area contributed by atoms with Gasteiger partial charge in [-0.15, -0.1) is 11.8 Å². The number of benzene rings is 1. The minimum atomic E-state index is -0.291. The lowest BCUT2D eigenvalue weighted by atomic mass is 10.1. The van der Waals surface area contributed by atoms with Crippen LogP contribution < -0.4 is 0 Å². The average molecular weight is 240 g/mol. The van der Waals surface area contributed by atoms with Crippen LogP contribution in [0.3, 0.4) is 0 Å². The highest BCUT2D eigenvalue weighted by atomic mass is 32.2. The van der Waals surface area contributed by atoms with Gasteiger partial charge in [0.25, 0.3) is 0 Å². The number of rotatable bonds is 5. The summed E-state index contributed by atoms with van der Waals surface area (Å²) in [6.45, 7) is 5.72. The van der Waals surface area contributed by atoms with Crippen molar-refractivity contribution in [3.63, 3.8) is 0 Å². The molecule has 1 aromatic carbocycles. The third-order valence-electron chi connectivity index (χ3n) is 2.56. The Morgan fingerprint density at radius 2 is 2.19 bits per heavy atom. The number of Topliss-reactive ketones (excluding diaryl/α,β-unsaturated/α-hetero) is 1. The van der Waals surface area contributed by atoms with Gasteiger partial charge < -0.3 is 0 Å². The minimum absolute atomic E-state index is 0.0997. The summed E-state index contributed by atoms with van der Waals surface area (Å²) in [5.74, 6) is 1.10. The summed E-state index contributed by atoms with van der Waals surface area (Å²) in [6, 6.07) is 4.70. The zero-order valence-corrected chi connectivity index (χ0v) is 10.7. The molecule has 1 aromatic rings. The zero-order chi connectivity index (χ0) is 12.1. The molecule has 16 heavy (non-hydrogen) atoms. The summed E-state index contributed by atoms with van der Waals surface area (Å²) in [7, 11) is 0. The van der Waals surface area contributed by atoms with Crippen molar-refractivity contribution in [2.75, 3.05) is 5.75 Å². The van der Waals surface area contributed by atoms with Gasteiger partial charge in [-0.2, -0.15) is 0 Å². The van der Waals surface area contributed by atoms with Gasteiger partial charge in [0, 0.05) is 16.2 Å². The molecule has 0 saturated carbocycles. The smallest absolute Gasteiger partial charge is 0.159 e. The number of carbonyl (C=O) groups is 1. The van der Waals surface area contributed by atoms with Crippen molar-refractivity contribution >= 4 is 17.5 Å². The maximum absolute atomic E-state index is 13.6. The van der Waals surface area contributed by atoms with Gasteiger partial charge in [-0.25, -0.2) is 4.39 Å². The summed E-state index contributed by atoms with van der Waals surface area (Å²) < 4.78 is 13.6. The predicted octanol–water partition coefficient (Wildman–Crippen LogP) is 4.17. The Morgan fingerprint density at radius 3 is 2.69 bits per heavy atom. The van der Waals surface area contributed by atoms with Crippen LogP contribution in [0.1, 0.15) is 37.6 Å². The molecule has 0 aromatic heterocycles. The van der Waals surface area contributed by atoms with E-state index >= 15 is 0 Å². The average Bonchev–Trinajstić information content (AvgIpc) is 2.26. The van der Waals surface area contributed by atoms with Crippen molar-refractivity contribution in [1.29, 1.82) is 0 Å². The van der Waals surface area contributed by atoms with E-state index in [4.69, 9.17) is 0 Å². The number of halogens is 1. The van der Waals surface area contributed by atoms with Gasteiger partial charge in [0.2, 0.25) is 0 Å². The van der Waals surface area contributed by atoms with E-state index in [1.165, 1.54) is 24.8 Å². The minimum Gasteiger partial charge on any atom is -0.295 e. The van der Waals surface area contributed by atoms with Crippen LogP contribution in [0.2, 0.25) is 0 Å². The zero-order valence-electron chi connectivity index (χ0n) is 9.92. The molecule has 0 bridgehead atoms. The van der Waals surface area contributed by atoms with Gasteiger partial charge in [0.05, 0.1) is 0 Å². The molecule has 0 spiro atoms. The Morgan fingerprint density at radius 1 is 1.50 bits per heavy atom. The Kier molecular flexibility index (Phi) is 5.00. The van der Waals surface area contributed by atoms with E-state index in [-0.39, 0.29) is 11.6 Å². The van der Waals surface area contributed by atoms with Crippen molar-refractivity contribution < 1.29 is 9.18 Å². The lowest BCUT2D eigenvalue weighted by Gasteiger charge is -2.08. The standard InChI is InChI=1S/C13H17FOS/c1-4-9(2)8-16-13-6-5-11(10(3)15)7-12(13)14/h5-7,9H,4,8H2,1-3H3. The van der Waals surface area contributed by atoms with Crippen molar-refractivity contribution in [3.8, 4) is 0 Å². The summed E-state index contributed by atoms with van der Waals surface area (Å²) >= 11 is 1.51. The molecule has 0 saturated heterocycles. The largest absolute Gasteiger partial charge is 0.295 e. The fourth-order valence-corrected chi connectivity index (χ4v) is 2.25. The number of hydrogen-bond acceptors (Lipinski definition) is 2. The van der Waals surface area contributed by atoms with E-state index in [1.807, 2.05) is 0 Å². The maximum Gasteiger partial charge on any atom is 0.159 e. The molecule has 3 heteroatoms. The quantitative estimate of drug-likeness (QED) is 0.567. The molecule has 0 aliphatic heterocycles. The molecular formula is C13H17FOS. The molecule has 1 nitrogen and oxygen atoms in total. The first-order valence-electron chi connectivity index (χ1n) is 5.47. The Bertz CT molecular complexity index is 376. The van der Waals surface area contributed by atoms with Crippen LogP contribution in [0.4, 0.5) is 4.39 Å². The monoisotopic (exact) mass is 240 g/mol. The highest BCUT2D eigenvalue weighted by Gasteiger charge is 2.08. The lowest BCUT2D eigenvalue weighted by molar-refractivity contribution is 0.101. The fourth-order valence-electron chi connectivity index (χ4n) is 1.19. The van der Waals surface area contributed by atoms with Crippen LogP contribution in [0, 0.1) is 11.7 Å². The third kappa shape index (κ3) is 3.63. The van der Waals surface area contributed by atoms with Crippen LogP contribution in [0.25, 0.3) is 0 Å². The number of carbonyl (C=O) groups excluding carboxylic acids is 1. The normalized spacial score (nSPS) is 12.5. The van der Waals surface area contributed by atoms with Crippen molar-refractivity contribution in [2.45, 2.75) is 32.1 Å². The van der Waals surface area contributed by atoms with E-state index in [0.717, 1.165) is 12.2 Å². The van der Waals surface area contributed by atoms with Crippen LogP contribution in [-0.2, 0) is 0 Å². The van der Waals surface area contributed by atoms with Crippen molar-refractivity contribution in [1.82, 2.24) is 0 Å². The van der Waals surface area contributed by atoms with Gasteiger partial charge in [-0.05, 0) is 25.0 Å². The maximum atomic E-state index is 13.6. The predicted molar refractivity (Wildman–Crippen MR) is 66.6 cm³/mol. The van der Waals surface area contributed by atoms with E-state index in [2.05, 4.69) is 13.8 Å². The van der Waals surface area contributed by atoms with Gasteiger partial charge >= 0.3 is 0 Å². The molecule has 0 radical (unpaired) electrons. The number of ketones is 1. The molecule has 0 heterocycles. The van der Waals surface area contributed by atoms with Crippen LogP contribution >= 0.6 is 11.8 Å². The first-order chi connectivity index (χ1) is 7.54. The van der Waals surface area contributed by atoms with Crippen LogP contribution in [0.5, 0.6) is 0 Å². The Hall–Kier alpha value is -0.830. The molecule has 88 valence electrons. The van der Waals surface area contributed by atoms with Gasteiger partial charge in [0.15, 0.2) is 5.78 Å². The molecule has 0 aliphatic rings. The van der Waals surface area contributed by atoms with Crippen LogP contribution in [-0.4, -0.2) is 11.5 Å². The topological polar surface area (TPSA) is 17.1 Å². The lowest BCUT2D eigenvalue weighted by Crippen LogP contribution is -1.97. The highest BCUT2D eigenvalue weighted by Crippen LogP contribution is 2.25. The summed E-state index contributed by atoms with van der Waals surface area (Å²) in [6.07, 6.45) is 1.10. The SMILES string of the molecule is CCC(C)CSc1ccc(C(C)=O)cc1F. The Labute approximate surface area is 100 Å². The third-order valence-corrected chi connectivity index (χ3v) is 3.94. The molecule has 0 fully saturated rings. The molecule has 0 amide bonds. The first kappa shape index (κ1) is 13.2. The molecule has 1 atom stereocenters. The second kappa shape index (κ2) is 6.04. The van der Waals surface area contributed by atoms with Crippen molar-refractivity contribution in [3.05, 3.63) is 29.6 Å². The van der Waals surface area contributed by atoms with E-state index in [9.17, 15) is 9.18 Å². The summed E-state index contributed by atoms with van der Waals surface area (Å²) in [5, 5.41) is 0. The van der Waals surface area contributed by atoms with E-state index in [1.54, 1.807) is 12.1 Å². The van der Waals surface area contributed by atoms with Gasteiger partial charge in [0.1, 0.15) is 5.82 Å².